The maximum Gasteiger partial charge on any atom is 0.255 e. The predicted molar refractivity (Wildman–Crippen MR) is 101 cm³/mol. The molecule has 0 bridgehead atoms. The van der Waals surface area contributed by atoms with E-state index >= 15 is 0 Å². The number of nitrogens with zero attached hydrogens (tertiary/aromatic N) is 1. The Morgan fingerprint density at radius 2 is 1.80 bits per heavy atom. The lowest BCUT2D eigenvalue weighted by molar-refractivity contribution is 0.0720. The Morgan fingerprint density at radius 3 is 2.44 bits per heavy atom. The standard InChI is InChI=1S/C18H26N2O3S2/c1-24-17-10-9-15(25(22,23)19-14-7-3-4-8-14)13-16(17)18(21)20-11-5-2-6-12-20/h9-10,13-14,19H,2-8,11-12H2,1H3. The molecule has 1 aliphatic heterocycles. The fourth-order valence-electron chi connectivity index (χ4n) is 3.62. The van der Waals surface area contributed by atoms with Gasteiger partial charge >= 0.3 is 0 Å². The number of rotatable bonds is 5. The van der Waals surface area contributed by atoms with Gasteiger partial charge in [-0.25, -0.2) is 13.1 Å². The molecule has 0 aromatic heterocycles. The van der Waals surface area contributed by atoms with Gasteiger partial charge in [0.1, 0.15) is 0 Å². The topological polar surface area (TPSA) is 66.5 Å². The van der Waals surface area contributed by atoms with Crippen molar-refractivity contribution in [2.45, 2.75) is 60.8 Å². The van der Waals surface area contributed by atoms with Crippen LogP contribution in [0.5, 0.6) is 0 Å². The van der Waals surface area contributed by atoms with Gasteiger partial charge in [-0.1, -0.05) is 12.8 Å². The first kappa shape index (κ1) is 18.7. The van der Waals surface area contributed by atoms with Crippen LogP contribution in [0.1, 0.15) is 55.3 Å². The van der Waals surface area contributed by atoms with Crippen molar-refractivity contribution in [2.24, 2.45) is 0 Å². The molecule has 1 saturated heterocycles. The second-order valence-corrected chi connectivity index (χ2v) is 9.38. The molecule has 0 unspecified atom stereocenters. The van der Waals surface area contributed by atoms with Gasteiger partial charge in [-0.15, -0.1) is 11.8 Å². The fraction of sp³-hybridized carbons (Fsp3) is 0.611. The van der Waals surface area contributed by atoms with Gasteiger partial charge in [-0.2, -0.15) is 0 Å². The van der Waals surface area contributed by atoms with Crippen molar-refractivity contribution in [3.63, 3.8) is 0 Å². The molecule has 1 aromatic rings. The average Bonchev–Trinajstić information content (AvgIpc) is 3.13. The highest BCUT2D eigenvalue weighted by molar-refractivity contribution is 7.98. The van der Waals surface area contributed by atoms with Crippen molar-refractivity contribution < 1.29 is 13.2 Å². The largest absolute Gasteiger partial charge is 0.339 e. The van der Waals surface area contributed by atoms with Crippen LogP contribution in [0.2, 0.25) is 0 Å². The van der Waals surface area contributed by atoms with Crippen LogP contribution in [0.15, 0.2) is 28.0 Å². The van der Waals surface area contributed by atoms with Crippen molar-refractivity contribution >= 4 is 27.7 Å². The van der Waals surface area contributed by atoms with Crippen LogP contribution in [-0.4, -0.2) is 44.6 Å². The minimum Gasteiger partial charge on any atom is -0.339 e. The Kier molecular flexibility index (Phi) is 6.07. The van der Waals surface area contributed by atoms with E-state index in [-0.39, 0.29) is 16.8 Å². The Labute approximate surface area is 154 Å². The van der Waals surface area contributed by atoms with E-state index in [2.05, 4.69) is 4.72 Å². The molecule has 5 nitrogen and oxygen atoms in total. The van der Waals surface area contributed by atoms with Crippen molar-refractivity contribution in [3.8, 4) is 0 Å². The lowest BCUT2D eigenvalue weighted by atomic mass is 10.1. The first-order valence-corrected chi connectivity index (χ1v) is 11.7. The third-order valence-corrected chi connectivity index (χ3v) is 7.35. The van der Waals surface area contributed by atoms with Gasteiger partial charge in [0.05, 0.1) is 10.5 Å². The lowest BCUT2D eigenvalue weighted by Crippen LogP contribution is -2.36. The van der Waals surface area contributed by atoms with E-state index in [0.717, 1.165) is 62.9 Å². The first-order chi connectivity index (χ1) is 12.0. The zero-order chi connectivity index (χ0) is 17.9. The summed E-state index contributed by atoms with van der Waals surface area (Å²) in [6, 6.07) is 4.94. The third kappa shape index (κ3) is 4.38. The van der Waals surface area contributed by atoms with Crippen LogP contribution in [-0.2, 0) is 10.0 Å². The van der Waals surface area contributed by atoms with Crippen LogP contribution < -0.4 is 4.72 Å². The van der Waals surface area contributed by atoms with Gasteiger partial charge in [-0.3, -0.25) is 4.79 Å². The second kappa shape index (κ2) is 8.10. The minimum absolute atomic E-state index is 0.0199. The Morgan fingerprint density at radius 1 is 1.12 bits per heavy atom. The van der Waals surface area contributed by atoms with Crippen molar-refractivity contribution in [1.29, 1.82) is 0 Å². The van der Waals surface area contributed by atoms with Gasteiger partial charge in [-0.05, 0) is 56.6 Å². The number of amides is 1. The summed E-state index contributed by atoms with van der Waals surface area (Å²) in [5.41, 5.74) is 0.503. The molecule has 138 valence electrons. The van der Waals surface area contributed by atoms with Gasteiger partial charge < -0.3 is 4.90 Å². The number of sulfonamides is 1. The van der Waals surface area contributed by atoms with Crippen LogP contribution in [0.4, 0.5) is 0 Å². The van der Waals surface area contributed by atoms with E-state index in [9.17, 15) is 13.2 Å². The molecule has 1 heterocycles. The number of thioether (sulfide) groups is 1. The number of nitrogens with one attached hydrogen (secondary N) is 1. The molecule has 3 rings (SSSR count). The predicted octanol–water partition coefficient (Wildman–Crippen LogP) is 3.26. The molecule has 25 heavy (non-hydrogen) atoms. The van der Waals surface area contributed by atoms with Gasteiger partial charge in [0.25, 0.3) is 5.91 Å². The zero-order valence-electron chi connectivity index (χ0n) is 14.7. The number of benzene rings is 1. The molecular formula is C18H26N2O3S2. The Hall–Kier alpha value is -1.05. The molecule has 0 spiro atoms. The van der Waals surface area contributed by atoms with E-state index in [1.807, 2.05) is 11.2 Å². The van der Waals surface area contributed by atoms with Crippen LogP contribution in [0.3, 0.4) is 0 Å². The molecule has 7 heteroatoms. The van der Waals surface area contributed by atoms with E-state index in [4.69, 9.17) is 0 Å². The summed E-state index contributed by atoms with van der Waals surface area (Å²) in [6.45, 7) is 1.51. The molecule has 0 atom stereocenters. The number of carbonyl (C=O) groups is 1. The highest BCUT2D eigenvalue weighted by Crippen LogP contribution is 2.27. The summed E-state index contributed by atoms with van der Waals surface area (Å²) in [5, 5.41) is 0. The highest BCUT2D eigenvalue weighted by Gasteiger charge is 2.26. The SMILES string of the molecule is CSc1ccc(S(=O)(=O)NC2CCCC2)cc1C(=O)N1CCCCC1. The second-order valence-electron chi connectivity index (χ2n) is 6.82. The Balaban J connectivity index is 1.87. The third-order valence-electron chi connectivity index (χ3n) is 5.03. The summed E-state index contributed by atoms with van der Waals surface area (Å²) in [6.07, 6.45) is 9.01. The number of carbonyl (C=O) groups excluding carboxylic acids is 1. The minimum atomic E-state index is -3.59. The van der Waals surface area contributed by atoms with Crippen LogP contribution in [0, 0.1) is 0 Å². The molecule has 2 aliphatic rings. The fourth-order valence-corrected chi connectivity index (χ4v) is 5.52. The first-order valence-electron chi connectivity index (χ1n) is 9.01. The summed E-state index contributed by atoms with van der Waals surface area (Å²) in [4.78, 5) is 15.8. The van der Waals surface area contributed by atoms with Crippen LogP contribution in [0.25, 0.3) is 0 Å². The molecule has 1 saturated carbocycles. The Bertz CT molecular complexity index is 722. The van der Waals surface area contributed by atoms with Crippen molar-refractivity contribution in [3.05, 3.63) is 23.8 Å². The number of hydrogen-bond acceptors (Lipinski definition) is 4. The molecular weight excluding hydrogens is 356 g/mol. The molecule has 1 aromatic carbocycles. The van der Waals surface area contributed by atoms with Crippen LogP contribution >= 0.6 is 11.8 Å². The van der Waals surface area contributed by atoms with E-state index in [0.29, 0.717) is 5.56 Å². The van der Waals surface area contributed by atoms with Crippen molar-refractivity contribution in [2.75, 3.05) is 19.3 Å². The average molecular weight is 383 g/mol. The number of likely N-dealkylation sites (tertiary alicyclic amines) is 1. The smallest absolute Gasteiger partial charge is 0.255 e. The maximum atomic E-state index is 12.9. The van der Waals surface area contributed by atoms with Gasteiger partial charge in [0, 0.05) is 24.0 Å². The molecule has 0 radical (unpaired) electrons. The molecule has 2 fully saturated rings. The number of hydrogen-bond donors (Lipinski definition) is 1. The van der Waals surface area contributed by atoms with Gasteiger partial charge in [0.2, 0.25) is 10.0 Å². The monoisotopic (exact) mass is 382 g/mol. The summed E-state index contributed by atoms with van der Waals surface area (Å²) >= 11 is 1.48. The maximum absolute atomic E-state index is 12.9. The number of piperidine rings is 1. The molecule has 1 N–H and O–H groups in total. The highest BCUT2D eigenvalue weighted by atomic mass is 32.2. The van der Waals surface area contributed by atoms with Gasteiger partial charge in [0.15, 0.2) is 0 Å². The quantitative estimate of drug-likeness (QED) is 0.794. The van der Waals surface area contributed by atoms with E-state index in [1.165, 1.54) is 11.8 Å². The molecule has 1 aliphatic carbocycles. The summed E-state index contributed by atoms with van der Waals surface area (Å²) in [5.74, 6) is -0.0537. The normalized spacial score (nSPS) is 19.3. The zero-order valence-corrected chi connectivity index (χ0v) is 16.3. The lowest BCUT2D eigenvalue weighted by Gasteiger charge is -2.27. The summed E-state index contributed by atoms with van der Waals surface area (Å²) in [7, 11) is -3.59. The van der Waals surface area contributed by atoms with Crippen molar-refractivity contribution in [1.82, 2.24) is 9.62 Å². The summed E-state index contributed by atoms with van der Waals surface area (Å²) < 4.78 is 28.2. The van der Waals surface area contributed by atoms with E-state index in [1.54, 1.807) is 18.2 Å². The van der Waals surface area contributed by atoms with E-state index < -0.39 is 10.0 Å². The molecule has 1 amide bonds.